The van der Waals surface area contributed by atoms with Crippen LogP contribution in [-0.2, 0) is 0 Å². The number of hydrogen-bond acceptors (Lipinski definition) is 1. The number of fused-ring (bicyclic) bond motifs is 7. The molecule has 0 aliphatic heterocycles. The molecule has 0 unspecified atom stereocenters. The molecule has 1 aromatic heterocycles. The molecule has 1 heterocycles. The summed E-state index contributed by atoms with van der Waals surface area (Å²) in [5, 5.41) is 10.0. The van der Waals surface area contributed by atoms with Crippen LogP contribution in [0.3, 0.4) is 0 Å². The Labute approximate surface area is 315 Å². The van der Waals surface area contributed by atoms with Crippen LogP contribution in [0.15, 0.2) is 186 Å². The topological polar surface area (TPSA) is 13.1 Å². The standard InChI is InChI=1S/C52H30F2O/c53-43-28-14-29-44(54)51(43)50-38-23-10-8-21-36(38)47(37-22-9-11-24-39(37)50)40-25-13-30-45-49(40)42-27-12-26-41(52(42)55-45)48-34-19-6-4-17-32(34)46(31-15-2-1-3-16-31)33-18-5-7-20-35(33)48/h1-30H. The van der Waals surface area contributed by atoms with E-state index in [1.54, 1.807) is 0 Å². The first-order valence-corrected chi connectivity index (χ1v) is 18.5. The van der Waals surface area contributed by atoms with Crippen molar-refractivity contribution in [3.05, 3.63) is 194 Å². The summed E-state index contributed by atoms with van der Waals surface area (Å²) in [6.07, 6.45) is 0. The predicted octanol–water partition coefficient (Wildman–Crippen LogP) is 15.1. The predicted molar refractivity (Wildman–Crippen MR) is 225 cm³/mol. The molecule has 0 radical (unpaired) electrons. The molecule has 11 rings (SSSR count). The smallest absolute Gasteiger partial charge is 0.143 e. The molecule has 0 aliphatic rings. The molecule has 55 heavy (non-hydrogen) atoms. The van der Waals surface area contributed by atoms with Crippen LogP contribution in [0.2, 0.25) is 0 Å². The highest BCUT2D eigenvalue weighted by atomic mass is 19.1. The minimum atomic E-state index is -0.588. The van der Waals surface area contributed by atoms with Gasteiger partial charge in [-0.25, -0.2) is 8.78 Å². The minimum absolute atomic E-state index is 0.0178. The SMILES string of the molecule is Fc1cccc(F)c1-c1c2ccccc2c(-c2cccc3oc4c(-c5c6ccccc6c(-c6ccccc6)c6ccccc56)cccc4c23)c2ccccc12. The Morgan fingerprint density at radius 3 is 1.24 bits per heavy atom. The fraction of sp³-hybridized carbons (Fsp3) is 0. The van der Waals surface area contributed by atoms with Crippen molar-refractivity contribution in [2.75, 3.05) is 0 Å². The van der Waals surface area contributed by atoms with E-state index in [-0.39, 0.29) is 5.56 Å². The summed E-state index contributed by atoms with van der Waals surface area (Å²) < 4.78 is 38.1. The normalized spacial score (nSPS) is 11.8. The van der Waals surface area contributed by atoms with E-state index >= 15 is 8.78 Å². The van der Waals surface area contributed by atoms with E-state index in [4.69, 9.17) is 4.42 Å². The second-order valence-electron chi connectivity index (χ2n) is 14.1. The summed E-state index contributed by atoms with van der Waals surface area (Å²) in [7, 11) is 0. The van der Waals surface area contributed by atoms with Gasteiger partial charge in [0.2, 0.25) is 0 Å². The molecular weight excluding hydrogens is 679 g/mol. The summed E-state index contributed by atoms with van der Waals surface area (Å²) in [6, 6.07) is 60.5. The highest BCUT2D eigenvalue weighted by Gasteiger charge is 2.25. The van der Waals surface area contributed by atoms with Crippen LogP contribution >= 0.6 is 0 Å². The molecule has 3 heteroatoms. The molecule has 0 aliphatic carbocycles. The Kier molecular flexibility index (Phi) is 6.99. The number of para-hydroxylation sites is 1. The van der Waals surface area contributed by atoms with Crippen molar-refractivity contribution in [2.45, 2.75) is 0 Å². The van der Waals surface area contributed by atoms with Crippen LogP contribution in [0.1, 0.15) is 0 Å². The van der Waals surface area contributed by atoms with Gasteiger partial charge in [0.15, 0.2) is 0 Å². The molecule has 10 aromatic carbocycles. The van der Waals surface area contributed by atoms with E-state index in [2.05, 4.69) is 115 Å². The Morgan fingerprint density at radius 1 is 0.291 bits per heavy atom. The third-order valence-corrected chi connectivity index (χ3v) is 11.2. The summed E-state index contributed by atoms with van der Waals surface area (Å²) >= 11 is 0. The number of rotatable bonds is 4. The van der Waals surface area contributed by atoms with E-state index in [1.165, 1.54) is 40.1 Å². The van der Waals surface area contributed by atoms with Gasteiger partial charge in [0.1, 0.15) is 22.8 Å². The Bertz CT molecular complexity index is 3210. The average Bonchev–Trinajstić information content (AvgIpc) is 3.62. The highest BCUT2D eigenvalue weighted by molar-refractivity contribution is 6.28. The van der Waals surface area contributed by atoms with E-state index in [9.17, 15) is 0 Å². The Morgan fingerprint density at radius 2 is 0.691 bits per heavy atom. The van der Waals surface area contributed by atoms with Gasteiger partial charge in [-0.05, 0) is 83.5 Å². The first-order chi connectivity index (χ1) is 27.2. The molecule has 258 valence electrons. The van der Waals surface area contributed by atoms with Gasteiger partial charge in [0.25, 0.3) is 0 Å². The number of benzene rings is 10. The second kappa shape index (κ2) is 12.2. The molecular formula is C52H30F2O. The van der Waals surface area contributed by atoms with Crippen LogP contribution in [0.4, 0.5) is 8.78 Å². The third-order valence-electron chi connectivity index (χ3n) is 11.2. The molecule has 0 atom stereocenters. The van der Waals surface area contributed by atoms with Crippen molar-refractivity contribution < 1.29 is 13.2 Å². The van der Waals surface area contributed by atoms with Crippen LogP contribution in [-0.4, -0.2) is 0 Å². The lowest BCUT2D eigenvalue weighted by molar-refractivity contribution is 0.590. The molecule has 0 bridgehead atoms. The van der Waals surface area contributed by atoms with E-state index in [1.807, 2.05) is 48.5 Å². The maximum absolute atomic E-state index is 15.6. The van der Waals surface area contributed by atoms with Gasteiger partial charge in [-0.15, -0.1) is 0 Å². The Hall–Kier alpha value is -7.10. The number of furan rings is 1. The van der Waals surface area contributed by atoms with Gasteiger partial charge in [-0.2, -0.15) is 0 Å². The van der Waals surface area contributed by atoms with Gasteiger partial charge in [0, 0.05) is 27.5 Å². The van der Waals surface area contributed by atoms with Gasteiger partial charge in [0.05, 0.1) is 5.56 Å². The average molecular weight is 709 g/mol. The van der Waals surface area contributed by atoms with Crippen molar-refractivity contribution in [1.82, 2.24) is 0 Å². The molecule has 1 nitrogen and oxygen atoms in total. The first kappa shape index (κ1) is 31.4. The third kappa shape index (κ3) is 4.63. The van der Waals surface area contributed by atoms with E-state index in [0.29, 0.717) is 5.56 Å². The summed E-state index contributed by atoms with van der Waals surface area (Å²) in [5.74, 6) is -1.18. The molecule has 0 saturated carbocycles. The fourth-order valence-electron chi connectivity index (χ4n) is 9.01. The summed E-state index contributed by atoms with van der Waals surface area (Å²) in [6.45, 7) is 0. The minimum Gasteiger partial charge on any atom is -0.455 e. The largest absolute Gasteiger partial charge is 0.455 e. The summed E-state index contributed by atoms with van der Waals surface area (Å²) in [4.78, 5) is 0. The molecule has 0 fully saturated rings. The zero-order valence-corrected chi connectivity index (χ0v) is 29.5. The molecule has 0 amide bonds. The van der Waals surface area contributed by atoms with Crippen LogP contribution in [0.5, 0.6) is 0 Å². The van der Waals surface area contributed by atoms with Crippen molar-refractivity contribution in [3.8, 4) is 44.5 Å². The maximum Gasteiger partial charge on any atom is 0.143 e. The lowest BCUT2D eigenvalue weighted by Gasteiger charge is -2.19. The quantitative estimate of drug-likeness (QED) is 0.166. The van der Waals surface area contributed by atoms with Gasteiger partial charge in [-0.3, -0.25) is 0 Å². The highest BCUT2D eigenvalue weighted by Crippen LogP contribution is 2.50. The number of hydrogen-bond donors (Lipinski definition) is 0. The first-order valence-electron chi connectivity index (χ1n) is 18.5. The maximum atomic E-state index is 15.6. The molecule has 0 saturated heterocycles. The second-order valence-corrected chi connectivity index (χ2v) is 14.1. The van der Waals surface area contributed by atoms with Gasteiger partial charge in [-0.1, -0.05) is 164 Å². The Balaban J connectivity index is 1.24. The lowest BCUT2D eigenvalue weighted by atomic mass is 9.84. The monoisotopic (exact) mass is 708 g/mol. The van der Waals surface area contributed by atoms with Crippen LogP contribution < -0.4 is 0 Å². The van der Waals surface area contributed by atoms with Crippen LogP contribution in [0.25, 0.3) is 110 Å². The van der Waals surface area contributed by atoms with Gasteiger partial charge < -0.3 is 4.42 Å². The van der Waals surface area contributed by atoms with Crippen molar-refractivity contribution >= 4 is 65.0 Å². The van der Waals surface area contributed by atoms with E-state index in [0.717, 1.165) is 76.5 Å². The van der Waals surface area contributed by atoms with Crippen molar-refractivity contribution in [3.63, 3.8) is 0 Å². The fourth-order valence-corrected chi connectivity index (χ4v) is 9.01. The lowest BCUT2D eigenvalue weighted by Crippen LogP contribution is -1.95. The van der Waals surface area contributed by atoms with Crippen molar-refractivity contribution in [1.29, 1.82) is 0 Å². The van der Waals surface area contributed by atoms with Gasteiger partial charge >= 0.3 is 0 Å². The molecule has 11 aromatic rings. The summed E-state index contributed by atoms with van der Waals surface area (Å²) in [5.41, 5.74) is 8.65. The van der Waals surface area contributed by atoms with E-state index < -0.39 is 11.6 Å². The molecule has 0 N–H and O–H groups in total. The molecule has 0 spiro atoms. The van der Waals surface area contributed by atoms with Crippen LogP contribution in [0, 0.1) is 11.6 Å². The van der Waals surface area contributed by atoms with Crippen molar-refractivity contribution in [2.24, 2.45) is 0 Å². The number of halogens is 2. The zero-order chi connectivity index (χ0) is 36.6. The zero-order valence-electron chi connectivity index (χ0n) is 29.5.